The van der Waals surface area contributed by atoms with E-state index in [-0.39, 0.29) is 0 Å². The molecule has 0 heterocycles. The molecule has 0 saturated heterocycles. The Bertz CT molecular complexity index is 151. The highest BCUT2D eigenvalue weighted by atomic mass is 15.0. The van der Waals surface area contributed by atoms with Crippen LogP contribution in [0.25, 0.3) is 4.85 Å². The van der Waals surface area contributed by atoms with E-state index in [1.165, 1.54) is 12.8 Å². The van der Waals surface area contributed by atoms with Gasteiger partial charge in [-0.3, -0.25) is 4.85 Å². The van der Waals surface area contributed by atoms with Crippen molar-refractivity contribution >= 4 is 0 Å². The van der Waals surface area contributed by atoms with Gasteiger partial charge in [-0.15, -0.1) is 0 Å². The van der Waals surface area contributed by atoms with Crippen molar-refractivity contribution in [3.8, 4) is 0 Å². The first kappa shape index (κ1) is 8.55. The van der Waals surface area contributed by atoms with Gasteiger partial charge in [0.1, 0.15) is 0 Å². The molecule has 0 aromatic heterocycles. The van der Waals surface area contributed by atoms with E-state index < -0.39 is 0 Å². The third-order valence-corrected chi connectivity index (χ3v) is 2.58. The highest BCUT2D eigenvalue weighted by Gasteiger charge is 2.30. The predicted molar refractivity (Wildman–Crippen MR) is 46.0 cm³/mol. The minimum atomic E-state index is 0.496. The lowest BCUT2D eigenvalue weighted by molar-refractivity contribution is 0.172. The number of hydrogen-bond donors (Lipinski definition) is 1. The summed E-state index contributed by atoms with van der Waals surface area (Å²) in [6.45, 7) is 11.6. The summed E-state index contributed by atoms with van der Waals surface area (Å²) in [7, 11) is 0. The maximum absolute atomic E-state index is 6.59. The van der Waals surface area contributed by atoms with Crippen LogP contribution < -0.4 is 5.32 Å². The molecule has 2 nitrogen and oxygen atoms in total. The van der Waals surface area contributed by atoms with Crippen molar-refractivity contribution in [3.63, 3.8) is 0 Å². The molecule has 0 radical (unpaired) electrons. The van der Waals surface area contributed by atoms with Crippen LogP contribution in [0, 0.1) is 18.4 Å². The second-order valence-electron chi connectivity index (χ2n) is 3.69. The fraction of sp³-hybridized carbons (Fsp3) is 0.889. The van der Waals surface area contributed by atoms with Gasteiger partial charge in [-0.1, -0.05) is 13.8 Å². The smallest absolute Gasteiger partial charge is 0.268 e. The first-order valence-corrected chi connectivity index (χ1v) is 4.30. The molecule has 0 aromatic rings. The minimum absolute atomic E-state index is 0.496. The third-order valence-electron chi connectivity index (χ3n) is 2.58. The molecule has 2 heteroatoms. The molecule has 0 aliphatic heterocycles. The molecule has 0 atom stereocenters. The van der Waals surface area contributed by atoms with Crippen LogP contribution in [-0.4, -0.2) is 12.7 Å². The van der Waals surface area contributed by atoms with E-state index in [1.54, 1.807) is 0 Å². The number of nitrogens with one attached hydrogen (secondary N) is 1. The van der Waals surface area contributed by atoms with Gasteiger partial charge in [0.15, 0.2) is 0 Å². The van der Waals surface area contributed by atoms with Gasteiger partial charge in [0.2, 0.25) is 0 Å². The monoisotopic (exact) mass is 152 g/mol. The van der Waals surface area contributed by atoms with Gasteiger partial charge in [-0.2, -0.15) is 0 Å². The maximum atomic E-state index is 6.59. The Labute approximate surface area is 68.8 Å². The van der Waals surface area contributed by atoms with Crippen molar-refractivity contribution in [2.45, 2.75) is 32.7 Å². The first-order chi connectivity index (χ1) is 5.24. The fourth-order valence-corrected chi connectivity index (χ4v) is 1.55. The average molecular weight is 152 g/mol. The zero-order chi connectivity index (χ0) is 8.27. The van der Waals surface area contributed by atoms with E-state index in [1.807, 2.05) is 0 Å². The van der Waals surface area contributed by atoms with Crippen molar-refractivity contribution in [1.82, 2.24) is 5.32 Å². The zero-order valence-corrected chi connectivity index (χ0v) is 7.30. The summed E-state index contributed by atoms with van der Waals surface area (Å²) < 4.78 is 0. The molecule has 0 bridgehead atoms. The van der Waals surface area contributed by atoms with Crippen molar-refractivity contribution < 1.29 is 0 Å². The van der Waals surface area contributed by atoms with Crippen LogP contribution in [0.15, 0.2) is 0 Å². The zero-order valence-electron chi connectivity index (χ0n) is 7.30. The second-order valence-corrected chi connectivity index (χ2v) is 3.69. The van der Waals surface area contributed by atoms with E-state index in [2.05, 4.69) is 24.0 Å². The minimum Gasteiger partial charge on any atom is -0.300 e. The molecular formula is C9H16N2. The van der Waals surface area contributed by atoms with Crippen LogP contribution in [0.5, 0.6) is 0 Å². The lowest BCUT2D eigenvalue weighted by atomic mass is 9.74. The maximum Gasteiger partial charge on any atom is 0.268 e. The summed E-state index contributed by atoms with van der Waals surface area (Å²) >= 11 is 0. The summed E-state index contributed by atoms with van der Waals surface area (Å²) in [6.07, 6.45) is 2.54. The van der Waals surface area contributed by atoms with Gasteiger partial charge in [0.25, 0.3) is 6.67 Å². The van der Waals surface area contributed by atoms with Crippen LogP contribution in [0.3, 0.4) is 0 Å². The van der Waals surface area contributed by atoms with Crippen molar-refractivity contribution in [3.05, 3.63) is 11.4 Å². The first-order valence-electron chi connectivity index (χ1n) is 4.30. The van der Waals surface area contributed by atoms with Crippen LogP contribution in [0.1, 0.15) is 26.7 Å². The summed E-state index contributed by atoms with van der Waals surface area (Å²) in [5, 5.41) is 3.20. The molecule has 1 N–H and O–H groups in total. The molecule has 0 aromatic carbocycles. The van der Waals surface area contributed by atoms with E-state index in [0.29, 0.717) is 12.7 Å². The summed E-state index contributed by atoms with van der Waals surface area (Å²) in [4.78, 5) is 3.27. The lowest BCUT2D eigenvalue weighted by Gasteiger charge is -2.37. The summed E-state index contributed by atoms with van der Waals surface area (Å²) in [5.41, 5.74) is 0. The second kappa shape index (κ2) is 3.73. The van der Waals surface area contributed by atoms with Crippen molar-refractivity contribution in [2.24, 2.45) is 11.8 Å². The van der Waals surface area contributed by atoms with Crippen LogP contribution >= 0.6 is 0 Å². The molecule has 0 spiro atoms. The van der Waals surface area contributed by atoms with Crippen molar-refractivity contribution in [2.75, 3.05) is 6.67 Å². The van der Waals surface area contributed by atoms with Gasteiger partial charge >= 0.3 is 0 Å². The summed E-state index contributed by atoms with van der Waals surface area (Å²) in [6, 6.07) is 0.636. The van der Waals surface area contributed by atoms with Gasteiger partial charge in [-0.25, -0.2) is 11.9 Å². The molecule has 11 heavy (non-hydrogen) atoms. The third kappa shape index (κ3) is 2.20. The fourth-order valence-electron chi connectivity index (χ4n) is 1.55. The van der Waals surface area contributed by atoms with Gasteiger partial charge in [0.05, 0.1) is 0 Å². The highest BCUT2D eigenvalue weighted by Crippen LogP contribution is 2.33. The Morgan fingerprint density at radius 3 is 2.64 bits per heavy atom. The molecule has 1 aliphatic carbocycles. The van der Waals surface area contributed by atoms with Gasteiger partial charge in [-0.05, 0) is 24.7 Å². The van der Waals surface area contributed by atoms with E-state index in [9.17, 15) is 0 Å². The van der Waals surface area contributed by atoms with Crippen LogP contribution in [0.4, 0.5) is 0 Å². The Morgan fingerprint density at radius 2 is 2.18 bits per heavy atom. The number of rotatable bonds is 3. The van der Waals surface area contributed by atoms with Crippen LogP contribution in [0.2, 0.25) is 0 Å². The standard InChI is InChI=1S/C9H16N2/c1-7(2)8-4-9(5-8)11-6-10-3/h7-9,11H,4-6H2,1-2H3. The molecule has 0 amide bonds. The summed E-state index contributed by atoms with van der Waals surface area (Å²) in [5.74, 6) is 1.72. The predicted octanol–water partition coefficient (Wildman–Crippen LogP) is 1.89. The molecule has 62 valence electrons. The average Bonchev–Trinajstić information content (AvgIpc) is 1.84. The SMILES string of the molecule is [C-]#[N+]CNC1CC(C(C)C)C1. The van der Waals surface area contributed by atoms with E-state index >= 15 is 0 Å². The largest absolute Gasteiger partial charge is 0.300 e. The van der Waals surface area contributed by atoms with Crippen LogP contribution in [-0.2, 0) is 0 Å². The van der Waals surface area contributed by atoms with E-state index in [4.69, 9.17) is 6.57 Å². The topological polar surface area (TPSA) is 16.4 Å². The highest BCUT2D eigenvalue weighted by molar-refractivity contribution is 4.86. The molecular weight excluding hydrogens is 136 g/mol. The normalized spacial score (nSPS) is 29.6. The van der Waals surface area contributed by atoms with Crippen molar-refractivity contribution in [1.29, 1.82) is 0 Å². The molecule has 0 unspecified atom stereocenters. The molecule has 1 saturated carbocycles. The number of hydrogen-bond acceptors (Lipinski definition) is 1. The Balaban J connectivity index is 2.06. The molecule has 1 rings (SSSR count). The quantitative estimate of drug-likeness (QED) is 0.611. The lowest BCUT2D eigenvalue weighted by Crippen LogP contribution is -2.42. The Morgan fingerprint density at radius 1 is 1.55 bits per heavy atom. The van der Waals surface area contributed by atoms with E-state index in [0.717, 1.165) is 11.8 Å². The Kier molecular flexibility index (Phi) is 2.90. The Hall–Kier alpha value is -0.550. The molecule has 1 fully saturated rings. The molecule has 1 aliphatic rings. The van der Waals surface area contributed by atoms with Gasteiger partial charge in [0, 0.05) is 6.04 Å². The van der Waals surface area contributed by atoms with Gasteiger partial charge < -0.3 is 0 Å². The number of nitrogens with zero attached hydrogens (tertiary/aromatic N) is 1.